The van der Waals surface area contributed by atoms with E-state index in [2.05, 4.69) is 27.4 Å². The van der Waals surface area contributed by atoms with Crippen LogP contribution in [-0.4, -0.2) is 21.8 Å². The van der Waals surface area contributed by atoms with E-state index >= 15 is 0 Å². The molecule has 1 unspecified atom stereocenters. The lowest BCUT2D eigenvalue weighted by Gasteiger charge is -2.41. The van der Waals surface area contributed by atoms with E-state index in [4.69, 9.17) is 11.5 Å². The van der Waals surface area contributed by atoms with Gasteiger partial charge in [-0.15, -0.1) is 0 Å². The minimum atomic E-state index is -0.789. The first-order chi connectivity index (χ1) is 9.12. The molecule has 2 heterocycles. The van der Waals surface area contributed by atoms with Crippen molar-refractivity contribution >= 4 is 11.7 Å². The average Bonchev–Trinajstić information content (AvgIpc) is 2.87. The maximum atomic E-state index is 6.46. The molecule has 1 aromatic rings. The van der Waals surface area contributed by atoms with Crippen molar-refractivity contribution in [3.8, 4) is 0 Å². The highest BCUT2D eigenvalue weighted by atomic mass is 15.3. The molecule has 0 aromatic carbocycles. The Kier molecular flexibility index (Phi) is 2.97. The van der Waals surface area contributed by atoms with Crippen molar-refractivity contribution in [2.24, 2.45) is 28.3 Å². The van der Waals surface area contributed by atoms with Crippen molar-refractivity contribution in [3.05, 3.63) is 11.8 Å². The lowest BCUT2D eigenvalue weighted by Crippen LogP contribution is -2.56. The summed E-state index contributed by atoms with van der Waals surface area (Å²) in [4.78, 5) is 4.50. The van der Waals surface area contributed by atoms with Crippen LogP contribution in [0.3, 0.4) is 0 Å². The fraction of sp³-hybridized carbons (Fsp3) is 0.692. The van der Waals surface area contributed by atoms with Gasteiger partial charge in [-0.2, -0.15) is 5.10 Å². The number of nitrogens with zero attached hydrogens (tertiary/aromatic N) is 2. The topological polar surface area (TPSA) is 105 Å². The molecular weight excluding hydrogens is 240 g/mol. The minimum Gasteiger partial charge on any atom is -0.383 e. The lowest BCUT2D eigenvalue weighted by atomic mass is 9.77. The van der Waals surface area contributed by atoms with E-state index in [1.165, 1.54) is 19.3 Å². The molecule has 1 saturated carbocycles. The van der Waals surface area contributed by atoms with Gasteiger partial charge in [-0.1, -0.05) is 13.3 Å². The Bertz CT molecular complexity index is 485. The maximum Gasteiger partial charge on any atom is 0.188 e. The monoisotopic (exact) mass is 262 g/mol. The number of hydrogen-bond donors (Lipinski definition) is 4. The highest BCUT2D eigenvalue weighted by Gasteiger charge is 2.40. The Balaban J connectivity index is 1.80. The molecule has 0 amide bonds. The van der Waals surface area contributed by atoms with E-state index < -0.39 is 5.79 Å². The molecule has 2 aliphatic rings. The molecule has 1 aliphatic carbocycles. The second-order valence-corrected chi connectivity index (χ2v) is 5.73. The first-order valence-corrected chi connectivity index (χ1v) is 7.08. The molecule has 1 aromatic heterocycles. The van der Waals surface area contributed by atoms with Crippen LogP contribution in [0.4, 0.5) is 5.82 Å². The third kappa shape index (κ3) is 2.10. The summed E-state index contributed by atoms with van der Waals surface area (Å²) in [6, 6.07) is 0. The number of rotatable bonds is 2. The van der Waals surface area contributed by atoms with Crippen LogP contribution in [0.15, 0.2) is 11.2 Å². The molecule has 3 rings (SSSR count). The molecule has 0 radical (unpaired) electrons. The van der Waals surface area contributed by atoms with Crippen LogP contribution in [-0.2, 0) is 0 Å². The summed E-state index contributed by atoms with van der Waals surface area (Å²) in [5, 5.41) is 10.2. The van der Waals surface area contributed by atoms with Gasteiger partial charge in [0.2, 0.25) is 0 Å². The summed E-state index contributed by atoms with van der Waals surface area (Å²) >= 11 is 0. The highest BCUT2D eigenvalue weighted by Crippen LogP contribution is 2.38. The van der Waals surface area contributed by atoms with Gasteiger partial charge in [-0.3, -0.25) is 10.8 Å². The SMILES string of the molecule is CCC1CCC(C2(N)N=C(N)c3cn[nH]c3N2)CC1. The zero-order valence-electron chi connectivity index (χ0n) is 11.3. The maximum absolute atomic E-state index is 6.46. The van der Waals surface area contributed by atoms with E-state index in [-0.39, 0.29) is 0 Å². The van der Waals surface area contributed by atoms with Crippen molar-refractivity contribution < 1.29 is 0 Å². The number of aromatic nitrogens is 2. The minimum absolute atomic E-state index is 0.324. The molecule has 0 saturated heterocycles. The van der Waals surface area contributed by atoms with Gasteiger partial charge in [-0.25, -0.2) is 4.99 Å². The van der Waals surface area contributed by atoms with Gasteiger partial charge in [0.15, 0.2) is 5.79 Å². The number of nitrogens with two attached hydrogens (primary N) is 2. The molecule has 1 aliphatic heterocycles. The van der Waals surface area contributed by atoms with E-state index in [0.29, 0.717) is 11.8 Å². The van der Waals surface area contributed by atoms with E-state index in [9.17, 15) is 0 Å². The smallest absolute Gasteiger partial charge is 0.188 e. The Morgan fingerprint density at radius 3 is 2.79 bits per heavy atom. The molecule has 6 nitrogen and oxygen atoms in total. The Morgan fingerprint density at radius 2 is 2.11 bits per heavy atom. The van der Waals surface area contributed by atoms with Crippen LogP contribution in [0.2, 0.25) is 0 Å². The van der Waals surface area contributed by atoms with Gasteiger partial charge in [0.25, 0.3) is 0 Å². The van der Waals surface area contributed by atoms with Crippen LogP contribution in [0.1, 0.15) is 44.6 Å². The van der Waals surface area contributed by atoms with E-state index in [0.717, 1.165) is 30.1 Å². The molecule has 6 N–H and O–H groups in total. The lowest BCUT2D eigenvalue weighted by molar-refractivity contribution is 0.193. The third-order valence-corrected chi connectivity index (χ3v) is 4.59. The number of amidine groups is 1. The third-order valence-electron chi connectivity index (χ3n) is 4.59. The number of hydrogen-bond acceptors (Lipinski definition) is 5. The van der Waals surface area contributed by atoms with Crippen LogP contribution in [0.5, 0.6) is 0 Å². The predicted molar refractivity (Wildman–Crippen MR) is 75.6 cm³/mol. The summed E-state index contributed by atoms with van der Waals surface area (Å²) in [6.45, 7) is 2.26. The quantitative estimate of drug-likeness (QED) is 0.646. The van der Waals surface area contributed by atoms with Crippen LogP contribution in [0, 0.1) is 11.8 Å². The summed E-state index contributed by atoms with van der Waals surface area (Å²) in [6.07, 6.45) is 7.59. The summed E-state index contributed by atoms with van der Waals surface area (Å²) in [5.74, 6) is 1.63. The van der Waals surface area contributed by atoms with Crippen LogP contribution < -0.4 is 16.8 Å². The number of nitrogens with one attached hydrogen (secondary N) is 2. The zero-order valence-corrected chi connectivity index (χ0v) is 11.3. The molecule has 1 atom stereocenters. The largest absolute Gasteiger partial charge is 0.383 e. The van der Waals surface area contributed by atoms with E-state index in [1.54, 1.807) is 6.20 Å². The number of fused-ring (bicyclic) bond motifs is 1. The van der Waals surface area contributed by atoms with Gasteiger partial charge >= 0.3 is 0 Å². The molecule has 0 bridgehead atoms. The van der Waals surface area contributed by atoms with Crippen molar-refractivity contribution in [1.82, 2.24) is 10.2 Å². The number of aromatic amines is 1. The second-order valence-electron chi connectivity index (χ2n) is 5.73. The van der Waals surface area contributed by atoms with Crippen molar-refractivity contribution in [1.29, 1.82) is 0 Å². The predicted octanol–water partition coefficient (Wildman–Crippen LogP) is 1.37. The number of H-pyrrole nitrogens is 1. The average molecular weight is 262 g/mol. The molecule has 1 fully saturated rings. The fourth-order valence-electron chi connectivity index (χ4n) is 3.27. The Labute approximate surface area is 113 Å². The number of aliphatic imine (C=N–C) groups is 1. The Hall–Kier alpha value is -1.56. The normalized spacial score (nSPS) is 34.3. The summed E-state index contributed by atoms with van der Waals surface area (Å²) < 4.78 is 0. The van der Waals surface area contributed by atoms with Gasteiger partial charge in [0.05, 0.1) is 11.8 Å². The van der Waals surface area contributed by atoms with Crippen molar-refractivity contribution in [3.63, 3.8) is 0 Å². The van der Waals surface area contributed by atoms with Gasteiger partial charge in [0, 0.05) is 5.92 Å². The highest BCUT2D eigenvalue weighted by molar-refractivity contribution is 6.03. The summed E-state index contributed by atoms with van der Waals surface area (Å²) in [5.41, 5.74) is 13.3. The van der Waals surface area contributed by atoms with Gasteiger partial charge in [-0.05, 0) is 31.6 Å². The number of anilines is 1. The van der Waals surface area contributed by atoms with Crippen molar-refractivity contribution in [2.45, 2.75) is 44.8 Å². The first kappa shape index (κ1) is 12.5. The van der Waals surface area contributed by atoms with Crippen LogP contribution >= 0.6 is 0 Å². The molecule has 104 valence electrons. The molecule has 6 heteroatoms. The molecular formula is C13H22N6. The summed E-state index contributed by atoms with van der Waals surface area (Å²) in [7, 11) is 0. The second kappa shape index (κ2) is 4.52. The van der Waals surface area contributed by atoms with E-state index in [1.807, 2.05) is 0 Å². The van der Waals surface area contributed by atoms with Gasteiger partial charge < -0.3 is 11.1 Å². The first-order valence-electron chi connectivity index (χ1n) is 7.08. The van der Waals surface area contributed by atoms with Crippen LogP contribution in [0.25, 0.3) is 0 Å². The molecule has 19 heavy (non-hydrogen) atoms. The molecule has 0 spiro atoms. The van der Waals surface area contributed by atoms with Gasteiger partial charge in [0.1, 0.15) is 11.7 Å². The Morgan fingerprint density at radius 1 is 1.37 bits per heavy atom. The fourth-order valence-corrected chi connectivity index (χ4v) is 3.27. The zero-order chi connectivity index (χ0) is 13.5. The van der Waals surface area contributed by atoms with Crippen molar-refractivity contribution in [2.75, 3.05) is 5.32 Å². The standard InChI is InChI=1S/C13H22N6/c1-2-8-3-5-9(6-4-8)13(15)17-11(14)10-7-16-19-12(10)18-13/h7-9H,2-6,15H2,1H3,(H2,14,17)(H2,16,18,19).